The van der Waals surface area contributed by atoms with Gasteiger partial charge in [-0.05, 0) is 37.5 Å². The molecule has 0 aromatic rings. The molecule has 0 atom stereocenters. The van der Waals surface area contributed by atoms with Crippen LogP contribution in [0.15, 0.2) is 0 Å². The van der Waals surface area contributed by atoms with Crippen LogP contribution in [0.5, 0.6) is 0 Å². The van der Waals surface area contributed by atoms with Crippen LogP contribution in [0.4, 0.5) is 0 Å². The van der Waals surface area contributed by atoms with Crippen molar-refractivity contribution >= 4 is 11.9 Å². The molecule has 0 N–H and O–H groups in total. The van der Waals surface area contributed by atoms with Crippen molar-refractivity contribution in [2.45, 2.75) is 109 Å². The zero-order chi connectivity index (χ0) is 19.7. The molecule has 3 aliphatic rings. The number of rotatable bonds is 8. The first kappa shape index (κ1) is 21.6. The van der Waals surface area contributed by atoms with Crippen molar-refractivity contribution in [2.75, 3.05) is 13.2 Å². The molecule has 3 rings (SSSR count). The van der Waals surface area contributed by atoms with Gasteiger partial charge in [0.2, 0.25) is 0 Å². The topological polar surface area (TPSA) is 52.6 Å². The molecule has 0 radical (unpaired) electrons. The smallest absolute Gasteiger partial charge is 0.323 e. The van der Waals surface area contributed by atoms with Crippen molar-refractivity contribution in [2.24, 2.45) is 17.3 Å². The maximum Gasteiger partial charge on any atom is 0.323 e. The fourth-order valence-electron chi connectivity index (χ4n) is 5.51. The van der Waals surface area contributed by atoms with E-state index in [-0.39, 0.29) is 11.9 Å². The van der Waals surface area contributed by atoms with Crippen LogP contribution in [-0.4, -0.2) is 25.2 Å². The quantitative estimate of drug-likeness (QED) is 0.377. The van der Waals surface area contributed by atoms with E-state index in [0.29, 0.717) is 37.9 Å². The molecular weight excluding hydrogens is 352 g/mol. The van der Waals surface area contributed by atoms with E-state index in [4.69, 9.17) is 9.47 Å². The third-order valence-electron chi connectivity index (χ3n) is 7.46. The maximum atomic E-state index is 12.9. The highest BCUT2D eigenvalue weighted by atomic mass is 16.6. The molecule has 28 heavy (non-hydrogen) atoms. The van der Waals surface area contributed by atoms with Crippen LogP contribution in [0, 0.1) is 17.3 Å². The van der Waals surface area contributed by atoms with Gasteiger partial charge in [-0.2, -0.15) is 0 Å². The Morgan fingerprint density at radius 1 is 0.607 bits per heavy atom. The monoisotopic (exact) mass is 392 g/mol. The van der Waals surface area contributed by atoms with Gasteiger partial charge in [0.15, 0.2) is 5.41 Å². The summed E-state index contributed by atoms with van der Waals surface area (Å²) >= 11 is 0. The van der Waals surface area contributed by atoms with E-state index in [9.17, 15) is 9.59 Å². The van der Waals surface area contributed by atoms with E-state index in [1.165, 1.54) is 64.2 Å². The molecule has 0 heterocycles. The average Bonchev–Trinajstić information content (AvgIpc) is 2.75. The van der Waals surface area contributed by atoms with E-state index in [0.717, 1.165) is 32.1 Å². The Labute approximate surface area is 171 Å². The predicted octanol–water partition coefficient (Wildman–Crippen LogP) is 5.96. The molecule has 0 aromatic carbocycles. The zero-order valence-corrected chi connectivity index (χ0v) is 17.7. The Morgan fingerprint density at radius 3 is 1.43 bits per heavy atom. The van der Waals surface area contributed by atoms with Gasteiger partial charge >= 0.3 is 11.9 Å². The van der Waals surface area contributed by atoms with Crippen molar-refractivity contribution in [1.82, 2.24) is 0 Å². The molecule has 3 aliphatic carbocycles. The predicted molar refractivity (Wildman–Crippen MR) is 110 cm³/mol. The fraction of sp³-hybridized carbons (Fsp3) is 0.917. The summed E-state index contributed by atoms with van der Waals surface area (Å²) in [7, 11) is 0. The van der Waals surface area contributed by atoms with Crippen LogP contribution in [0.1, 0.15) is 109 Å². The molecule has 0 amide bonds. The molecule has 0 unspecified atom stereocenters. The van der Waals surface area contributed by atoms with Gasteiger partial charge in [0, 0.05) is 0 Å². The van der Waals surface area contributed by atoms with E-state index in [1.54, 1.807) is 0 Å². The number of carbonyl (C=O) groups excluding carboxylic acids is 2. The molecule has 0 spiro atoms. The van der Waals surface area contributed by atoms with E-state index < -0.39 is 5.41 Å². The van der Waals surface area contributed by atoms with E-state index in [1.807, 2.05) is 0 Å². The van der Waals surface area contributed by atoms with Gasteiger partial charge in [-0.15, -0.1) is 0 Å². The maximum absolute atomic E-state index is 12.9. The normalized spacial score (nSPS) is 23.9. The van der Waals surface area contributed by atoms with Gasteiger partial charge in [0.25, 0.3) is 0 Å². The minimum absolute atomic E-state index is 0.314. The van der Waals surface area contributed by atoms with Crippen LogP contribution in [0.2, 0.25) is 0 Å². The van der Waals surface area contributed by atoms with Crippen molar-refractivity contribution < 1.29 is 19.1 Å². The molecule has 3 fully saturated rings. The number of esters is 2. The highest BCUT2D eigenvalue weighted by Crippen LogP contribution is 2.39. The van der Waals surface area contributed by atoms with Gasteiger partial charge in [0.1, 0.15) is 0 Å². The largest absolute Gasteiger partial charge is 0.465 e. The van der Waals surface area contributed by atoms with Crippen molar-refractivity contribution in [3.05, 3.63) is 0 Å². The second kappa shape index (κ2) is 11.2. The average molecular weight is 393 g/mol. The summed E-state index contributed by atoms with van der Waals surface area (Å²) in [5, 5.41) is 0. The molecule has 0 bridgehead atoms. The summed E-state index contributed by atoms with van der Waals surface area (Å²) in [5.41, 5.74) is -1.03. The number of hydrogen-bond donors (Lipinski definition) is 0. The molecule has 0 aliphatic heterocycles. The Balaban J connectivity index is 1.46. The molecular formula is C24H40O4. The lowest BCUT2D eigenvalue weighted by Crippen LogP contribution is -2.44. The lowest BCUT2D eigenvalue weighted by molar-refractivity contribution is -0.175. The van der Waals surface area contributed by atoms with Crippen LogP contribution in [0.3, 0.4) is 0 Å². The Bertz CT molecular complexity index is 445. The molecule has 160 valence electrons. The molecule has 4 nitrogen and oxygen atoms in total. The van der Waals surface area contributed by atoms with Crippen LogP contribution in [0.25, 0.3) is 0 Å². The van der Waals surface area contributed by atoms with Crippen LogP contribution in [-0.2, 0) is 19.1 Å². The first-order valence-corrected chi connectivity index (χ1v) is 12.1. The molecule has 4 heteroatoms. The van der Waals surface area contributed by atoms with Crippen LogP contribution < -0.4 is 0 Å². The highest BCUT2D eigenvalue weighted by molar-refractivity contribution is 6.00. The van der Waals surface area contributed by atoms with Crippen molar-refractivity contribution in [3.63, 3.8) is 0 Å². The van der Waals surface area contributed by atoms with Gasteiger partial charge < -0.3 is 9.47 Å². The number of ether oxygens (including phenoxy) is 2. The van der Waals surface area contributed by atoms with E-state index in [2.05, 4.69) is 0 Å². The number of carbonyl (C=O) groups is 2. The fourth-order valence-corrected chi connectivity index (χ4v) is 5.51. The van der Waals surface area contributed by atoms with E-state index >= 15 is 0 Å². The Morgan fingerprint density at radius 2 is 1.00 bits per heavy atom. The lowest BCUT2D eigenvalue weighted by Gasteiger charge is -2.33. The first-order valence-electron chi connectivity index (χ1n) is 12.1. The standard InChI is InChI=1S/C24H40O4/c25-22(27-18-14-20-10-4-1-5-11-20)24(16-8-3-9-17-24)23(26)28-19-15-21-12-6-2-7-13-21/h20-21H,1-19H2. The second-order valence-corrected chi connectivity index (χ2v) is 9.50. The lowest BCUT2D eigenvalue weighted by atomic mass is 9.74. The first-order chi connectivity index (χ1) is 13.7. The molecule has 0 saturated heterocycles. The van der Waals surface area contributed by atoms with Gasteiger partial charge in [-0.1, -0.05) is 83.5 Å². The summed E-state index contributed by atoms with van der Waals surface area (Å²) in [5.74, 6) is 0.744. The Hall–Kier alpha value is -1.06. The van der Waals surface area contributed by atoms with Crippen LogP contribution >= 0.6 is 0 Å². The van der Waals surface area contributed by atoms with Gasteiger partial charge in [-0.3, -0.25) is 9.59 Å². The Kier molecular flexibility index (Phi) is 8.66. The minimum Gasteiger partial charge on any atom is -0.465 e. The number of hydrogen-bond acceptors (Lipinski definition) is 4. The van der Waals surface area contributed by atoms with Crippen molar-refractivity contribution in [3.8, 4) is 0 Å². The summed E-state index contributed by atoms with van der Waals surface area (Å²) in [6.07, 6.45) is 18.9. The molecule has 0 aromatic heterocycles. The molecule has 3 saturated carbocycles. The zero-order valence-electron chi connectivity index (χ0n) is 17.7. The third kappa shape index (κ3) is 5.97. The van der Waals surface area contributed by atoms with Gasteiger partial charge in [0.05, 0.1) is 13.2 Å². The summed E-state index contributed by atoms with van der Waals surface area (Å²) in [6, 6.07) is 0. The minimum atomic E-state index is -1.03. The summed E-state index contributed by atoms with van der Waals surface area (Å²) in [6.45, 7) is 0.918. The van der Waals surface area contributed by atoms with Gasteiger partial charge in [-0.25, -0.2) is 0 Å². The second-order valence-electron chi connectivity index (χ2n) is 9.50. The summed E-state index contributed by atoms with van der Waals surface area (Å²) < 4.78 is 11.3. The van der Waals surface area contributed by atoms with Crippen molar-refractivity contribution in [1.29, 1.82) is 0 Å². The summed E-state index contributed by atoms with van der Waals surface area (Å²) in [4.78, 5) is 25.9. The SMILES string of the molecule is O=C(OCCC1CCCCC1)C1(C(=O)OCCC2CCCCC2)CCCCC1. The third-order valence-corrected chi connectivity index (χ3v) is 7.46. The highest BCUT2D eigenvalue weighted by Gasteiger charge is 2.49.